The van der Waals surface area contributed by atoms with Crippen molar-refractivity contribution in [2.75, 3.05) is 18.4 Å². The number of carbonyl (C=O) groups excluding carboxylic acids is 3. The van der Waals surface area contributed by atoms with Crippen molar-refractivity contribution in [1.82, 2.24) is 20.4 Å². The molecule has 0 aliphatic rings. The minimum atomic E-state index is -0.524. The van der Waals surface area contributed by atoms with E-state index in [2.05, 4.69) is 21.0 Å². The zero-order chi connectivity index (χ0) is 28.0. The van der Waals surface area contributed by atoms with Crippen LogP contribution in [0.3, 0.4) is 0 Å². The molecule has 4 aromatic rings. The predicted molar refractivity (Wildman–Crippen MR) is 151 cm³/mol. The number of nitrogens with one attached hydrogen (secondary N) is 3. The number of carbonyl (C=O) groups is 3. The second kappa shape index (κ2) is 11.7. The van der Waals surface area contributed by atoms with Gasteiger partial charge in [0.15, 0.2) is 0 Å². The van der Waals surface area contributed by atoms with Gasteiger partial charge >= 0.3 is 0 Å². The second-order valence-electron chi connectivity index (χ2n) is 10.1. The summed E-state index contributed by atoms with van der Waals surface area (Å²) in [6.45, 7) is 5.60. The maximum Gasteiger partial charge on any atom is 0.267 e. The number of nitrogens with zero attached hydrogens (tertiary/aromatic N) is 2. The molecule has 9 nitrogen and oxygen atoms in total. The molecule has 1 aromatic heterocycles. The van der Waals surface area contributed by atoms with Gasteiger partial charge in [-0.15, -0.1) is 0 Å². The predicted octanol–water partition coefficient (Wildman–Crippen LogP) is 3.59. The molecular formula is C30H31N5O4. The van der Waals surface area contributed by atoms with Gasteiger partial charge in [0.25, 0.3) is 11.5 Å². The van der Waals surface area contributed by atoms with Gasteiger partial charge in [0.2, 0.25) is 11.8 Å². The van der Waals surface area contributed by atoms with Gasteiger partial charge in [-0.25, -0.2) is 4.68 Å². The fourth-order valence-corrected chi connectivity index (χ4v) is 3.85. The zero-order valence-electron chi connectivity index (χ0n) is 22.2. The zero-order valence-corrected chi connectivity index (χ0v) is 22.2. The van der Waals surface area contributed by atoms with Gasteiger partial charge < -0.3 is 16.0 Å². The molecule has 200 valence electrons. The third-order valence-electron chi connectivity index (χ3n) is 6.04. The Morgan fingerprint density at radius 2 is 1.51 bits per heavy atom. The van der Waals surface area contributed by atoms with Crippen LogP contribution < -0.4 is 21.5 Å². The monoisotopic (exact) mass is 525 g/mol. The Bertz CT molecular complexity index is 1560. The largest absolute Gasteiger partial charge is 0.353 e. The number of fused-ring (bicyclic) bond motifs is 1. The van der Waals surface area contributed by atoms with Crippen LogP contribution in [-0.2, 0) is 16.1 Å². The molecule has 0 saturated carbocycles. The highest BCUT2D eigenvalue weighted by Crippen LogP contribution is 2.26. The molecule has 0 fully saturated rings. The Morgan fingerprint density at radius 3 is 2.26 bits per heavy atom. The smallest absolute Gasteiger partial charge is 0.267 e. The normalized spacial score (nSPS) is 11.2. The highest BCUT2D eigenvalue weighted by Gasteiger charge is 2.21. The van der Waals surface area contributed by atoms with Crippen molar-refractivity contribution >= 4 is 34.2 Å². The number of hydrogen-bond donors (Lipinski definition) is 3. The molecule has 0 unspecified atom stereocenters. The Hall–Kier alpha value is -4.79. The van der Waals surface area contributed by atoms with Crippen LogP contribution in [0.2, 0.25) is 0 Å². The summed E-state index contributed by atoms with van der Waals surface area (Å²) in [5, 5.41) is 14.7. The van der Waals surface area contributed by atoms with E-state index in [9.17, 15) is 19.2 Å². The molecule has 0 atom stereocenters. The molecule has 9 heteroatoms. The van der Waals surface area contributed by atoms with E-state index in [1.807, 2.05) is 63.2 Å². The lowest BCUT2D eigenvalue weighted by Crippen LogP contribution is -2.38. The Labute approximate surface area is 226 Å². The summed E-state index contributed by atoms with van der Waals surface area (Å²) in [4.78, 5) is 49.3. The van der Waals surface area contributed by atoms with Gasteiger partial charge in [-0.1, -0.05) is 63.2 Å². The molecule has 0 spiro atoms. The minimum Gasteiger partial charge on any atom is -0.353 e. The maximum absolute atomic E-state index is 12.5. The standard InChI is InChI=1S/C30H31N5O4/c1-30(2,3)29(39)33-22-13-11-21(12-14-22)28(38)32-18-17-31-26(36)19-35-27(37)16-15-25(34-35)24-10-6-8-20-7-4-5-9-23(20)24/h4-16H,17-19H2,1-3H3,(H,31,36)(H,32,38)(H,33,39). The third-order valence-corrected chi connectivity index (χ3v) is 6.04. The van der Waals surface area contributed by atoms with Crippen molar-refractivity contribution in [3.05, 3.63) is 94.8 Å². The van der Waals surface area contributed by atoms with E-state index in [4.69, 9.17) is 0 Å². The number of hydrogen-bond acceptors (Lipinski definition) is 5. The second-order valence-corrected chi connectivity index (χ2v) is 10.1. The first-order chi connectivity index (χ1) is 18.6. The first-order valence-electron chi connectivity index (χ1n) is 12.6. The molecule has 3 amide bonds. The lowest BCUT2D eigenvalue weighted by Gasteiger charge is -2.17. The number of anilines is 1. The van der Waals surface area contributed by atoms with Crippen LogP contribution >= 0.6 is 0 Å². The topological polar surface area (TPSA) is 122 Å². The highest BCUT2D eigenvalue weighted by molar-refractivity contribution is 5.97. The van der Waals surface area contributed by atoms with Crippen molar-refractivity contribution in [2.24, 2.45) is 5.41 Å². The van der Waals surface area contributed by atoms with E-state index in [1.165, 1.54) is 6.07 Å². The van der Waals surface area contributed by atoms with Gasteiger partial charge in [-0.2, -0.15) is 5.10 Å². The number of rotatable bonds is 8. The molecule has 0 aliphatic carbocycles. The first-order valence-corrected chi connectivity index (χ1v) is 12.6. The molecule has 1 heterocycles. The third kappa shape index (κ3) is 6.95. The number of benzene rings is 3. The summed E-state index contributed by atoms with van der Waals surface area (Å²) in [5.41, 5.74) is 1.59. The van der Waals surface area contributed by atoms with E-state index < -0.39 is 11.3 Å². The Kier molecular flexibility index (Phi) is 8.19. The average Bonchev–Trinajstić information content (AvgIpc) is 2.92. The summed E-state index contributed by atoms with van der Waals surface area (Å²) < 4.78 is 1.13. The van der Waals surface area contributed by atoms with Crippen molar-refractivity contribution in [2.45, 2.75) is 27.3 Å². The molecule has 0 aliphatic heterocycles. The lowest BCUT2D eigenvalue weighted by molar-refractivity contribution is -0.123. The fourth-order valence-electron chi connectivity index (χ4n) is 3.85. The Morgan fingerprint density at radius 1 is 0.821 bits per heavy atom. The number of amides is 3. The van der Waals surface area contributed by atoms with Crippen molar-refractivity contribution in [3.8, 4) is 11.3 Å². The highest BCUT2D eigenvalue weighted by atomic mass is 16.2. The summed E-state index contributed by atoms with van der Waals surface area (Å²) in [7, 11) is 0. The number of aromatic nitrogens is 2. The van der Waals surface area contributed by atoms with Gasteiger partial charge in [0.05, 0.1) is 5.69 Å². The summed E-state index contributed by atoms with van der Waals surface area (Å²) >= 11 is 0. The molecule has 3 N–H and O–H groups in total. The van der Waals surface area contributed by atoms with Crippen LogP contribution in [0.4, 0.5) is 5.69 Å². The Balaban J connectivity index is 1.29. The average molecular weight is 526 g/mol. The van der Waals surface area contributed by atoms with Crippen LogP contribution in [-0.4, -0.2) is 40.6 Å². The van der Waals surface area contributed by atoms with Gasteiger partial charge in [-0.05, 0) is 41.1 Å². The van der Waals surface area contributed by atoms with Crippen LogP contribution in [0.5, 0.6) is 0 Å². The van der Waals surface area contributed by atoms with E-state index >= 15 is 0 Å². The molecule has 3 aromatic carbocycles. The molecule has 0 radical (unpaired) electrons. The summed E-state index contributed by atoms with van der Waals surface area (Å²) in [6.07, 6.45) is 0. The molecule has 39 heavy (non-hydrogen) atoms. The summed E-state index contributed by atoms with van der Waals surface area (Å²) in [6, 6.07) is 23.4. The minimum absolute atomic E-state index is 0.117. The van der Waals surface area contributed by atoms with Crippen molar-refractivity contribution < 1.29 is 14.4 Å². The molecule has 0 saturated heterocycles. The molecule has 0 bridgehead atoms. The quantitative estimate of drug-likeness (QED) is 0.304. The molecule has 4 rings (SSSR count). The first kappa shape index (κ1) is 27.3. The van der Waals surface area contributed by atoms with Gasteiger partial charge in [0, 0.05) is 41.4 Å². The maximum atomic E-state index is 12.5. The van der Waals surface area contributed by atoms with Crippen LogP contribution in [0, 0.1) is 5.41 Å². The lowest BCUT2D eigenvalue weighted by atomic mass is 9.95. The van der Waals surface area contributed by atoms with E-state index in [-0.39, 0.29) is 37.0 Å². The fraction of sp³-hybridized carbons (Fsp3) is 0.233. The van der Waals surface area contributed by atoms with Crippen LogP contribution in [0.15, 0.2) is 83.7 Å². The SMILES string of the molecule is CC(C)(C)C(=O)Nc1ccc(C(=O)NCCNC(=O)Cn2nc(-c3cccc4ccccc34)ccc2=O)cc1. The van der Waals surface area contributed by atoms with Crippen LogP contribution in [0.1, 0.15) is 31.1 Å². The summed E-state index contributed by atoms with van der Waals surface area (Å²) in [5.74, 6) is -0.820. The van der Waals surface area contributed by atoms with Crippen molar-refractivity contribution in [1.29, 1.82) is 0 Å². The molecular weight excluding hydrogens is 494 g/mol. The van der Waals surface area contributed by atoms with E-state index in [1.54, 1.807) is 30.3 Å². The van der Waals surface area contributed by atoms with E-state index in [0.29, 0.717) is 16.9 Å². The van der Waals surface area contributed by atoms with Gasteiger partial charge in [-0.3, -0.25) is 19.2 Å². The van der Waals surface area contributed by atoms with Crippen molar-refractivity contribution in [3.63, 3.8) is 0 Å². The van der Waals surface area contributed by atoms with E-state index in [0.717, 1.165) is 21.0 Å². The van der Waals surface area contributed by atoms with Crippen LogP contribution in [0.25, 0.3) is 22.0 Å². The van der Waals surface area contributed by atoms with Gasteiger partial charge in [0.1, 0.15) is 6.54 Å².